The Balaban J connectivity index is 0.00000182. The summed E-state index contributed by atoms with van der Waals surface area (Å²) in [4.78, 5) is 12.3. The number of amides is 1. The van der Waals surface area contributed by atoms with Crippen LogP contribution < -0.4 is 15.4 Å². The highest BCUT2D eigenvalue weighted by Gasteiger charge is 2.34. The molecule has 4 nitrogen and oxygen atoms in total. The van der Waals surface area contributed by atoms with Gasteiger partial charge < -0.3 is 15.4 Å². The average Bonchev–Trinajstić information content (AvgIpc) is 3.19. The van der Waals surface area contributed by atoms with Crippen LogP contribution in [0.25, 0.3) is 0 Å². The van der Waals surface area contributed by atoms with Crippen LogP contribution in [0, 0.1) is 5.92 Å². The lowest BCUT2D eigenvalue weighted by molar-refractivity contribution is -0.117. The van der Waals surface area contributed by atoms with Gasteiger partial charge in [0, 0.05) is 24.2 Å². The van der Waals surface area contributed by atoms with E-state index in [4.69, 9.17) is 4.74 Å². The summed E-state index contributed by atoms with van der Waals surface area (Å²) in [5, 5.41) is 6.68. The van der Waals surface area contributed by atoms with Gasteiger partial charge in [0.1, 0.15) is 5.75 Å². The van der Waals surface area contributed by atoms with Gasteiger partial charge in [-0.3, -0.25) is 4.79 Å². The maximum absolute atomic E-state index is 12.3. The van der Waals surface area contributed by atoms with Gasteiger partial charge in [0.2, 0.25) is 5.91 Å². The minimum absolute atomic E-state index is 0. The Bertz CT molecular complexity index is 560. The zero-order valence-corrected chi connectivity index (χ0v) is 15.5. The van der Waals surface area contributed by atoms with Crippen LogP contribution in [0.3, 0.4) is 0 Å². The predicted molar refractivity (Wildman–Crippen MR) is 102 cm³/mol. The fourth-order valence-corrected chi connectivity index (χ4v) is 4.63. The zero-order valence-electron chi connectivity index (χ0n) is 14.7. The summed E-state index contributed by atoms with van der Waals surface area (Å²) in [5.41, 5.74) is 0.871. The van der Waals surface area contributed by atoms with E-state index in [1.807, 2.05) is 24.3 Å². The Morgan fingerprint density at radius 2 is 1.68 bits per heavy atom. The Labute approximate surface area is 156 Å². The maximum atomic E-state index is 12.3. The average molecular weight is 365 g/mol. The number of piperidine rings is 1. The van der Waals surface area contributed by atoms with Gasteiger partial charge in [-0.1, -0.05) is 0 Å². The van der Waals surface area contributed by atoms with Crippen molar-refractivity contribution in [1.29, 1.82) is 0 Å². The largest absolute Gasteiger partial charge is 0.490 e. The molecule has 2 atom stereocenters. The zero-order chi connectivity index (χ0) is 16.4. The molecule has 5 heteroatoms. The van der Waals surface area contributed by atoms with E-state index >= 15 is 0 Å². The number of nitrogens with one attached hydrogen (secondary N) is 2. The summed E-state index contributed by atoms with van der Waals surface area (Å²) in [5.74, 6) is 1.59. The number of halogens is 1. The lowest BCUT2D eigenvalue weighted by atomic mass is 9.89. The number of benzene rings is 1. The molecule has 0 radical (unpaired) electrons. The van der Waals surface area contributed by atoms with Crippen LogP contribution in [-0.2, 0) is 4.79 Å². The number of anilines is 1. The standard InChI is InChI=1S/C20H28N2O2.ClH/c23-20(13-14-11-16-5-6-17(12-14)21-16)22-15-7-9-19(10-8-15)24-18-3-1-2-4-18;/h7-10,14,16-18,21H,1-6,11-13H2,(H,22,23);1H. The van der Waals surface area contributed by atoms with Crippen molar-refractivity contribution in [3.63, 3.8) is 0 Å². The van der Waals surface area contributed by atoms with Crippen LogP contribution in [0.2, 0.25) is 0 Å². The van der Waals surface area contributed by atoms with Crippen molar-refractivity contribution < 1.29 is 9.53 Å². The highest BCUT2D eigenvalue weighted by molar-refractivity contribution is 5.90. The van der Waals surface area contributed by atoms with Crippen LogP contribution in [0.4, 0.5) is 5.69 Å². The molecule has 3 aliphatic rings. The van der Waals surface area contributed by atoms with Gasteiger partial charge >= 0.3 is 0 Å². The second-order valence-electron chi connectivity index (χ2n) is 7.78. The third-order valence-corrected chi connectivity index (χ3v) is 5.79. The van der Waals surface area contributed by atoms with Gasteiger partial charge in [-0.05, 0) is 81.5 Å². The van der Waals surface area contributed by atoms with E-state index in [0.29, 0.717) is 30.5 Å². The number of ether oxygens (including phenoxy) is 1. The van der Waals surface area contributed by atoms with Crippen LogP contribution in [0.5, 0.6) is 5.75 Å². The van der Waals surface area contributed by atoms with Crippen LogP contribution >= 0.6 is 12.4 Å². The van der Waals surface area contributed by atoms with Gasteiger partial charge in [0.25, 0.3) is 0 Å². The van der Waals surface area contributed by atoms with Gasteiger partial charge in [-0.15, -0.1) is 12.4 Å². The molecule has 4 rings (SSSR count). The molecule has 1 aromatic rings. The molecule has 1 amide bonds. The molecule has 2 bridgehead atoms. The summed E-state index contributed by atoms with van der Waals surface area (Å²) in [6.07, 6.45) is 10.8. The fourth-order valence-electron chi connectivity index (χ4n) is 4.63. The quantitative estimate of drug-likeness (QED) is 0.819. The lowest BCUT2D eigenvalue weighted by Gasteiger charge is -2.28. The first-order chi connectivity index (χ1) is 11.7. The van der Waals surface area contributed by atoms with Crippen molar-refractivity contribution in [1.82, 2.24) is 5.32 Å². The molecule has 2 unspecified atom stereocenters. The normalized spacial score (nSPS) is 28.4. The molecule has 0 spiro atoms. The molecule has 2 saturated heterocycles. The van der Waals surface area contributed by atoms with E-state index in [0.717, 1.165) is 37.1 Å². The van der Waals surface area contributed by atoms with Crippen molar-refractivity contribution in [3.05, 3.63) is 24.3 Å². The molecule has 138 valence electrons. The smallest absolute Gasteiger partial charge is 0.224 e. The van der Waals surface area contributed by atoms with Crippen molar-refractivity contribution in [2.75, 3.05) is 5.32 Å². The Hall–Kier alpha value is -1.26. The minimum atomic E-state index is 0. The molecule has 0 aromatic heterocycles. The summed E-state index contributed by atoms with van der Waals surface area (Å²) >= 11 is 0. The molecule has 1 aromatic carbocycles. The van der Waals surface area contributed by atoms with Crippen molar-refractivity contribution >= 4 is 24.0 Å². The molecule has 1 aliphatic carbocycles. The molecule has 25 heavy (non-hydrogen) atoms. The number of hydrogen-bond donors (Lipinski definition) is 2. The van der Waals surface area contributed by atoms with E-state index in [2.05, 4.69) is 10.6 Å². The van der Waals surface area contributed by atoms with Crippen molar-refractivity contribution in [2.45, 2.75) is 76.0 Å². The number of hydrogen-bond acceptors (Lipinski definition) is 3. The van der Waals surface area contributed by atoms with Gasteiger partial charge in [-0.25, -0.2) is 0 Å². The van der Waals surface area contributed by atoms with Crippen molar-refractivity contribution in [2.24, 2.45) is 5.92 Å². The second kappa shape index (κ2) is 8.41. The van der Waals surface area contributed by atoms with Crippen molar-refractivity contribution in [3.8, 4) is 5.75 Å². The predicted octanol–water partition coefficient (Wildman–Crippen LogP) is 4.29. The topological polar surface area (TPSA) is 50.4 Å². The third kappa shape index (κ3) is 4.89. The third-order valence-electron chi connectivity index (χ3n) is 5.79. The highest BCUT2D eigenvalue weighted by atomic mass is 35.5. The first-order valence-corrected chi connectivity index (χ1v) is 9.57. The molecule has 2 N–H and O–H groups in total. The molecule has 2 heterocycles. The molecule has 1 saturated carbocycles. The van der Waals surface area contributed by atoms with Crippen LogP contribution in [0.15, 0.2) is 24.3 Å². The molecule has 3 fully saturated rings. The van der Waals surface area contributed by atoms with E-state index in [-0.39, 0.29) is 18.3 Å². The number of carbonyl (C=O) groups is 1. The lowest BCUT2D eigenvalue weighted by Crippen LogP contribution is -2.39. The summed E-state index contributed by atoms with van der Waals surface area (Å²) in [7, 11) is 0. The summed E-state index contributed by atoms with van der Waals surface area (Å²) in [6.45, 7) is 0. The SMILES string of the molecule is Cl.O=C(CC1CC2CCC(C1)N2)Nc1ccc(OC2CCCC2)cc1. The summed E-state index contributed by atoms with van der Waals surface area (Å²) < 4.78 is 5.97. The van der Waals surface area contributed by atoms with Gasteiger partial charge in [0.05, 0.1) is 6.10 Å². The fraction of sp³-hybridized carbons (Fsp3) is 0.650. The summed E-state index contributed by atoms with van der Waals surface area (Å²) in [6, 6.07) is 9.14. The number of carbonyl (C=O) groups excluding carboxylic acids is 1. The minimum Gasteiger partial charge on any atom is -0.490 e. The first kappa shape index (κ1) is 18.5. The number of fused-ring (bicyclic) bond motifs is 2. The van der Waals surface area contributed by atoms with E-state index in [1.165, 1.54) is 25.7 Å². The van der Waals surface area contributed by atoms with E-state index in [1.54, 1.807) is 0 Å². The highest BCUT2D eigenvalue weighted by Crippen LogP contribution is 2.33. The van der Waals surface area contributed by atoms with E-state index < -0.39 is 0 Å². The van der Waals surface area contributed by atoms with Gasteiger partial charge in [-0.2, -0.15) is 0 Å². The molecule has 2 aliphatic heterocycles. The Morgan fingerprint density at radius 1 is 1.04 bits per heavy atom. The van der Waals surface area contributed by atoms with E-state index in [9.17, 15) is 4.79 Å². The second-order valence-corrected chi connectivity index (χ2v) is 7.78. The molecular weight excluding hydrogens is 336 g/mol. The number of rotatable bonds is 5. The maximum Gasteiger partial charge on any atom is 0.224 e. The van der Waals surface area contributed by atoms with Crippen LogP contribution in [-0.4, -0.2) is 24.1 Å². The Kier molecular flexibility index (Phi) is 6.24. The first-order valence-electron chi connectivity index (χ1n) is 9.57. The van der Waals surface area contributed by atoms with Gasteiger partial charge in [0.15, 0.2) is 0 Å². The molecular formula is C20H29ClN2O2. The Morgan fingerprint density at radius 3 is 2.32 bits per heavy atom. The monoisotopic (exact) mass is 364 g/mol. The van der Waals surface area contributed by atoms with Crippen LogP contribution in [0.1, 0.15) is 57.8 Å².